The van der Waals surface area contributed by atoms with Gasteiger partial charge in [0.1, 0.15) is 12.3 Å². The topological polar surface area (TPSA) is 46.5 Å². The maximum absolute atomic E-state index is 12.3. The number of fused-ring (bicyclic) bond motifs is 1. The predicted molar refractivity (Wildman–Crippen MR) is 101 cm³/mol. The Morgan fingerprint density at radius 3 is 2.80 bits per heavy atom. The van der Waals surface area contributed by atoms with Crippen molar-refractivity contribution in [2.24, 2.45) is 5.92 Å². The summed E-state index contributed by atoms with van der Waals surface area (Å²) in [6.07, 6.45) is 4.48. The van der Waals surface area contributed by atoms with Gasteiger partial charge in [-0.1, -0.05) is 6.92 Å². The number of hydrogen-bond donors (Lipinski definition) is 1. The van der Waals surface area contributed by atoms with Crippen LogP contribution in [0.4, 0.5) is 0 Å². The molecular formula is C20H29N3O2. The van der Waals surface area contributed by atoms with Crippen LogP contribution in [0.5, 0.6) is 5.75 Å². The van der Waals surface area contributed by atoms with Crippen molar-refractivity contribution in [1.82, 2.24) is 14.8 Å². The van der Waals surface area contributed by atoms with Crippen LogP contribution in [0.15, 0.2) is 30.5 Å². The number of carbonyl (C=O) groups excluding carboxylic acids is 1. The molecule has 1 atom stereocenters. The van der Waals surface area contributed by atoms with E-state index in [0.29, 0.717) is 19.1 Å². The van der Waals surface area contributed by atoms with Gasteiger partial charge in [0, 0.05) is 29.7 Å². The molecule has 1 fully saturated rings. The number of ether oxygens (including phenoxy) is 1. The van der Waals surface area contributed by atoms with Crippen molar-refractivity contribution in [3.05, 3.63) is 30.5 Å². The van der Waals surface area contributed by atoms with E-state index in [2.05, 4.69) is 24.1 Å². The minimum absolute atomic E-state index is 0.0607. The molecule has 1 amide bonds. The monoisotopic (exact) mass is 343 g/mol. The molecule has 5 heteroatoms. The van der Waals surface area contributed by atoms with Crippen LogP contribution in [-0.4, -0.2) is 48.2 Å². The molecule has 1 aromatic heterocycles. The Kier molecular flexibility index (Phi) is 5.63. The molecular weight excluding hydrogens is 314 g/mol. The highest BCUT2D eigenvalue weighted by atomic mass is 16.5. The van der Waals surface area contributed by atoms with Crippen molar-refractivity contribution in [1.29, 1.82) is 0 Å². The number of nitrogens with zero attached hydrogens (tertiary/aromatic N) is 2. The molecule has 1 N–H and O–H groups in total. The third kappa shape index (κ3) is 4.34. The largest absolute Gasteiger partial charge is 0.497 e. The van der Waals surface area contributed by atoms with Gasteiger partial charge in [-0.3, -0.25) is 9.69 Å². The number of rotatable bonds is 6. The molecule has 3 rings (SSSR count). The number of benzene rings is 1. The lowest BCUT2D eigenvalue weighted by Crippen LogP contribution is -2.46. The van der Waals surface area contributed by atoms with E-state index < -0.39 is 0 Å². The molecule has 0 saturated carbocycles. The number of piperidine rings is 1. The Balaban J connectivity index is 1.52. The zero-order valence-corrected chi connectivity index (χ0v) is 15.5. The third-order valence-corrected chi connectivity index (χ3v) is 5.33. The van der Waals surface area contributed by atoms with Crippen molar-refractivity contribution >= 4 is 16.8 Å². The lowest BCUT2D eigenvalue weighted by molar-refractivity contribution is -0.121. The van der Waals surface area contributed by atoms with E-state index in [4.69, 9.17) is 4.74 Å². The van der Waals surface area contributed by atoms with Crippen molar-refractivity contribution < 1.29 is 9.53 Å². The van der Waals surface area contributed by atoms with Crippen molar-refractivity contribution in [3.8, 4) is 5.75 Å². The second-order valence-corrected chi connectivity index (χ2v) is 7.24. The van der Waals surface area contributed by atoms with Crippen LogP contribution in [0.2, 0.25) is 0 Å². The summed E-state index contributed by atoms with van der Waals surface area (Å²) in [5.41, 5.74) is 1.05. The van der Waals surface area contributed by atoms with Gasteiger partial charge in [-0.05, 0) is 63.0 Å². The lowest BCUT2D eigenvalue weighted by atomic mass is 9.98. The predicted octanol–water partition coefficient (Wildman–Crippen LogP) is 2.89. The third-order valence-electron chi connectivity index (χ3n) is 5.33. The first-order valence-corrected chi connectivity index (χ1v) is 9.20. The fourth-order valence-corrected chi connectivity index (χ4v) is 3.51. The summed E-state index contributed by atoms with van der Waals surface area (Å²) >= 11 is 0. The Morgan fingerprint density at radius 2 is 2.08 bits per heavy atom. The van der Waals surface area contributed by atoms with E-state index in [-0.39, 0.29) is 5.91 Å². The van der Waals surface area contributed by atoms with Gasteiger partial charge in [-0.25, -0.2) is 0 Å². The molecule has 1 aromatic carbocycles. The van der Waals surface area contributed by atoms with Crippen LogP contribution in [0.25, 0.3) is 10.9 Å². The maximum Gasteiger partial charge on any atom is 0.239 e. The molecule has 0 radical (unpaired) electrons. The Labute approximate surface area is 149 Å². The molecule has 0 bridgehead atoms. The van der Waals surface area contributed by atoms with E-state index in [1.165, 1.54) is 12.8 Å². The minimum atomic E-state index is 0.0607. The number of likely N-dealkylation sites (tertiary alicyclic amines) is 1. The molecule has 2 aromatic rings. The quantitative estimate of drug-likeness (QED) is 0.877. The SMILES string of the molecule is COc1ccc2c(ccn2CC(=O)NCC(C)N2CCC(C)CC2)c1. The molecule has 1 aliphatic heterocycles. The Morgan fingerprint density at radius 1 is 1.32 bits per heavy atom. The summed E-state index contributed by atoms with van der Waals surface area (Å²) in [7, 11) is 1.66. The normalized spacial score (nSPS) is 17.6. The van der Waals surface area contributed by atoms with E-state index >= 15 is 0 Å². The average molecular weight is 343 g/mol. The first-order chi connectivity index (χ1) is 12.1. The van der Waals surface area contributed by atoms with Gasteiger partial charge >= 0.3 is 0 Å². The summed E-state index contributed by atoms with van der Waals surface area (Å²) < 4.78 is 7.23. The van der Waals surface area contributed by atoms with E-state index in [0.717, 1.165) is 35.7 Å². The summed E-state index contributed by atoms with van der Waals surface area (Å²) in [5, 5.41) is 4.18. The first kappa shape index (κ1) is 17.8. The summed E-state index contributed by atoms with van der Waals surface area (Å²) in [6, 6.07) is 8.32. The highest BCUT2D eigenvalue weighted by molar-refractivity contribution is 5.84. The summed E-state index contributed by atoms with van der Waals surface area (Å²) in [4.78, 5) is 14.8. The number of hydrogen-bond acceptors (Lipinski definition) is 3. The maximum atomic E-state index is 12.3. The standard InChI is InChI=1S/C20H29N3O2/c1-15-6-9-22(10-7-15)16(2)13-21-20(24)14-23-11-8-17-12-18(25-3)4-5-19(17)23/h4-5,8,11-12,15-16H,6-7,9-10,13-14H2,1-3H3,(H,21,24). The van der Waals surface area contributed by atoms with E-state index in [1.807, 2.05) is 35.0 Å². The van der Waals surface area contributed by atoms with Crippen LogP contribution >= 0.6 is 0 Å². The van der Waals surface area contributed by atoms with Crippen molar-refractivity contribution in [2.75, 3.05) is 26.7 Å². The van der Waals surface area contributed by atoms with Gasteiger partial charge in [-0.2, -0.15) is 0 Å². The number of amides is 1. The average Bonchev–Trinajstić information content (AvgIpc) is 3.02. The van der Waals surface area contributed by atoms with Crippen LogP contribution in [0, 0.1) is 5.92 Å². The Hall–Kier alpha value is -2.01. The van der Waals surface area contributed by atoms with Crippen LogP contribution in [0.3, 0.4) is 0 Å². The first-order valence-electron chi connectivity index (χ1n) is 9.20. The molecule has 1 aliphatic rings. The highest BCUT2D eigenvalue weighted by Gasteiger charge is 2.20. The summed E-state index contributed by atoms with van der Waals surface area (Å²) in [6.45, 7) is 7.86. The van der Waals surface area contributed by atoms with Crippen molar-refractivity contribution in [2.45, 2.75) is 39.3 Å². The molecule has 1 saturated heterocycles. The second kappa shape index (κ2) is 7.91. The van der Waals surface area contributed by atoms with Gasteiger partial charge in [0.15, 0.2) is 0 Å². The molecule has 136 valence electrons. The number of methoxy groups -OCH3 is 1. The molecule has 25 heavy (non-hydrogen) atoms. The molecule has 0 spiro atoms. The summed E-state index contributed by atoms with van der Waals surface area (Å²) in [5.74, 6) is 1.73. The second-order valence-electron chi connectivity index (χ2n) is 7.24. The molecule has 5 nitrogen and oxygen atoms in total. The zero-order valence-electron chi connectivity index (χ0n) is 15.5. The van der Waals surface area contributed by atoms with Gasteiger partial charge in [-0.15, -0.1) is 0 Å². The van der Waals surface area contributed by atoms with Gasteiger partial charge in [0.25, 0.3) is 0 Å². The molecule has 2 heterocycles. The van der Waals surface area contributed by atoms with Crippen LogP contribution in [0.1, 0.15) is 26.7 Å². The molecule has 1 unspecified atom stereocenters. The number of nitrogens with one attached hydrogen (secondary N) is 1. The zero-order chi connectivity index (χ0) is 17.8. The number of carbonyl (C=O) groups is 1. The fraction of sp³-hybridized carbons (Fsp3) is 0.550. The van der Waals surface area contributed by atoms with Crippen LogP contribution in [-0.2, 0) is 11.3 Å². The van der Waals surface area contributed by atoms with Gasteiger partial charge < -0.3 is 14.6 Å². The smallest absolute Gasteiger partial charge is 0.239 e. The van der Waals surface area contributed by atoms with Gasteiger partial charge in [0.2, 0.25) is 5.91 Å². The lowest BCUT2D eigenvalue weighted by Gasteiger charge is -2.35. The van der Waals surface area contributed by atoms with E-state index in [1.54, 1.807) is 7.11 Å². The van der Waals surface area contributed by atoms with Crippen LogP contribution < -0.4 is 10.1 Å². The number of aromatic nitrogens is 1. The van der Waals surface area contributed by atoms with Crippen molar-refractivity contribution in [3.63, 3.8) is 0 Å². The highest BCUT2D eigenvalue weighted by Crippen LogP contribution is 2.21. The van der Waals surface area contributed by atoms with Gasteiger partial charge in [0.05, 0.1) is 7.11 Å². The minimum Gasteiger partial charge on any atom is -0.497 e. The Bertz CT molecular complexity index is 717. The molecule has 0 aliphatic carbocycles. The fourth-order valence-electron chi connectivity index (χ4n) is 3.51. The van der Waals surface area contributed by atoms with E-state index in [9.17, 15) is 4.79 Å².